The highest BCUT2D eigenvalue weighted by atomic mass is 16.5. The van der Waals surface area contributed by atoms with Crippen molar-refractivity contribution >= 4 is 17.5 Å². The first-order valence-electron chi connectivity index (χ1n) is 9.11. The van der Waals surface area contributed by atoms with E-state index in [0.29, 0.717) is 30.3 Å². The Hall–Kier alpha value is -2.32. The summed E-state index contributed by atoms with van der Waals surface area (Å²) >= 11 is 0. The van der Waals surface area contributed by atoms with E-state index in [1.807, 2.05) is 0 Å². The standard InChI is InChI=1S/C19H29N3O5/c1-15(23)22(9-8-21-10-12-27-13-11-21)7-6-19(24)20-17-5-4-16(25-2)14-18(17)26-3/h4-5,14H,6-13H2,1-3H3,(H,20,24). The summed E-state index contributed by atoms with van der Waals surface area (Å²) in [4.78, 5) is 28.2. The minimum absolute atomic E-state index is 0.0295. The van der Waals surface area contributed by atoms with Gasteiger partial charge in [0.15, 0.2) is 0 Å². The van der Waals surface area contributed by atoms with Crippen LogP contribution in [0.3, 0.4) is 0 Å². The van der Waals surface area contributed by atoms with Crippen molar-refractivity contribution in [2.75, 3.05) is 65.5 Å². The topological polar surface area (TPSA) is 80.3 Å². The summed E-state index contributed by atoms with van der Waals surface area (Å²) in [7, 11) is 3.10. The number of anilines is 1. The average molecular weight is 379 g/mol. The van der Waals surface area contributed by atoms with E-state index in [1.54, 1.807) is 30.2 Å². The molecule has 8 nitrogen and oxygen atoms in total. The second-order valence-electron chi connectivity index (χ2n) is 6.32. The third-order valence-corrected chi connectivity index (χ3v) is 4.53. The van der Waals surface area contributed by atoms with Crippen molar-refractivity contribution in [3.8, 4) is 11.5 Å². The Morgan fingerprint density at radius 1 is 1.19 bits per heavy atom. The predicted molar refractivity (Wildman–Crippen MR) is 102 cm³/mol. The van der Waals surface area contributed by atoms with Crippen LogP contribution >= 0.6 is 0 Å². The molecule has 0 aromatic heterocycles. The molecular formula is C19H29N3O5. The molecule has 0 spiro atoms. The first-order valence-corrected chi connectivity index (χ1v) is 9.11. The second kappa shape index (κ2) is 10.7. The van der Waals surface area contributed by atoms with Crippen LogP contribution in [0.1, 0.15) is 13.3 Å². The van der Waals surface area contributed by atoms with Crippen LogP contribution in [-0.2, 0) is 14.3 Å². The van der Waals surface area contributed by atoms with Gasteiger partial charge >= 0.3 is 0 Å². The number of hydrogen-bond acceptors (Lipinski definition) is 6. The molecule has 2 rings (SSSR count). The Morgan fingerprint density at radius 3 is 2.56 bits per heavy atom. The summed E-state index contributed by atoms with van der Waals surface area (Å²) < 4.78 is 15.8. The lowest BCUT2D eigenvalue weighted by atomic mass is 10.2. The average Bonchev–Trinajstić information content (AvgIpc) is 2.68. The molecule has 0 bridgehead atoms. The predicted octanol–water partition coefficient (Wildman–Crippen LogP) is 1.21. The number of morpholine rings is 1. The molecule has 8 heteroatoms. The van der Waals surface area contributed by atoms with Gasteiger partial charge in [-0.3, -0.25) is 14.5 Å². The molecule has 27 heavy (non-hydrogen) atoms. The Bertz CT molecular complexity index is 632. The highest BCUT2D eigenvalue weighted by molar-refractivity contribution is 5.92. The van der Waals surface area contributed by atoms with Gasteiger partial charge in [-0.15, -0.1) is 0 Å². The molecule has 1 N–H and O–H groups in total. The molecule has 1 aromatic rings. The van der Waals surface area contributed by atoms with E-state index in [-0.39, 0.29) is 18.2 Å². The monoisotopic (exact) mass is 379 g/mol. The Labute approximate surface area is 160 Å². The molecule has 0 atom stereocenters. The van der Waals surface area contributed by atoms with E-state index in [1.165, 1.54) is 14.0 Å². The second-order valence-corrected chi connectivity index (χ2v) is 6.32. The molecule has 2 amide bonds. The number of amides is 2. The summed E-state index contributed by atoms with van der Waals surface area (Å²) in [6.45, 7) is 6.52. The summed E-state index contributed by atoms with van der Waals surface area (Å²) in [6, 6.07) is 5.19. The zero-order chi connectivity index (χ0) is 19.6. The number of methoxy groups -OCH3 is 2. The lowest BCUT2D eigenvalue weighted by molar-refractivity contribution is -0.129. The van der Waals surface area contributed by atoms with Crippen LogP contribution in [0.4, 0.5) is 5.69 Å². The molecule has 0 aliphatic carbocycles. The van der Waals surface area contributed by atoms with E-state index < -0.39 is 0 Å². The number of nitrogens with zero attached hydrogens (tertiary/aromatic N) is 2. The van der Waals surface area contributed by atoms with Gasteiger partial charge in [-0.25, -0.2) is 0 Å². The van der Waals surface area contributed by atoms with Crippen molar-refractivity contribution in [2.24, 2.45) is 0 Å². The molecule has 150 valence electrons. The maximum Gasteiger partial charge on any atom is 0.226 e. The van der Waals surface area contributed by atoms with Gasteiger partial charge < -0.3 is 24.4 Å². The van der Waals surface area contributed by atoms with E-state index in [9.17, 15) is 9.59 Å². The van der Waals surface area contributed by atoms with Gasteiger partial charge in [-0.1, -0.05) is 0 Å². The molecule has 0 unspecified atom stereocenters. The number of benzene rings is 1. The third-order valence-electron chi connectivity index (χ3n) is 4.53. The van der Waals surface area contributed by atoms with Gasteiger partial charge in [0.05, 0.1) is 33.1 Å². The molecule has 1 aromatic carbocycles. The van der Waals surface area contributed by atoms with Crippen LogP contribution in [0.15, 0.2) is 18.2 Å². The third kappa shape index (κ3) is 6.73. The lowest BCUT2D eigenvalue weighted by Gasteiger charge is -2.29. The van der Waals surface area contributed by atoms with Gasteiger partial charge in [0.2, 0.25) is 11.8 Å². The van der Waals surface area contributed by atoms with Crippen LogP contribution in [0.2, 0.25) is 0 Å². The zero-order valence-electron chi connectivity index (χ0n) is 16.3. The molecule has 1 heterocycles. The van der Waals surface area contributed by atoms with Crippen LogP contribution in [0, 0.1) is 0 Å². The Morgan fingerprint density at radius 2 is 1.93 bits per heavy atom. The quantitative estimate of drug-likeness (QED) is 0.695. The van der Waals surface area contributed by atoms with Crippen LogP contribution < -0.4 is 14.8 Å². The Kier molecular flexibility index (Phi) is 8.35. The van der Waals surface area contributed by atoms with Crippen LogP contribution in [0.25, 0.3) is 0 Å². The molecular weight excluding hydrogens is 350 g/mol. The number of ether oxygens (including phenoxy) is 3. The van der Waals surface area contributed by atoms with Gasteiger partial charge in [0.1, 0.15) is 11.5 Å². The van der Waals surface area contributed by atoms with Crippen molar-refractivity contribution in [3.63, 3.8) is 0 Å². The minimum atomic E-state index is -0.170. The number of nitrogens with one attached hydrogen (secondary N) is 1. The fourth-order valence-corrected chi connectivity index (χ4v) is 2.86. The van der Waals surface area contributed by atoms with E-state index in [4.69, 9.17) is 14.2 Å². The van der Waals surface area contributed by atoms with Gasteiger partial charge in [-0.05, 0) is 12.1 Å². The number of carbonyl (C=O) groups excluding carboxylic acids is 2. The van der Waals surface area contributed by atoms with Crippen LogP contribution in [0.5, 0.6) is 11.5 Å². The summed E-state index contributed by atoms with van der Waals surface area (Å²) in [5.74, 6) is 0.975. The minimum Gasteiger partial charge on any atom is -0.497 e. The van der Waals surface area contributed by atoms with Crippen molar-refractivity contribution in [1.29, 1.82) is 0 Å². The summed E-state index contributed by atoms with van der Waals surface area (Å²) in [5.41, 5.74) is 0.575. The number of hydrogen-bond donors (Lipinski definition) is 1. The summed E-state index contributed by atoms with van der Waals surface area (Å²) in [6.07, 6.45) is 0.220. The number of carbonyl (C=O) groups is 2. The molecule has 1 fully saturated rings. The molecule has 1 aliphatic heterocycles. The maximum atomic E-state index is 12.3. The summed E-state index contributed by atoms with van der Waals surface area (Å²) in [5, 5.41) is 2.83. The molecule has 1 aliphatic rings. The van der Waals surface area contributed by atoms with E-state index >= 15 is 0 Å². The smallest absolute Gasteiger partial charge is 0.226 e. The largest absolute Gasteiger partial charge is 0.497 e. The van der Waals surface area contributed by atoms with Crippen molar-refractivity contribution in [3.05, 3.63) is 18.2 Å². The normalized spacial score (nSPS) is 14.5. The van der Waals surface area contributed by atoms with Crippen molar-refractivity contribution in [2.45, 2.75) is 13.3 Å². The SMILES string of the molecule is COc1ccc(NC(=O)CCN(CCN2CCOCC2)C(C)=O)c(OC)c1. The fourth-order valence-electron chi connectivity index (χ4n) is 2.86. The molecule has 0 radical (unpaired) electrons. The zero-order valence-corrected chi connectivity index (χ0v) is 16.3. The lowest BCUT2D eigenvalue weighted by Crippen LogP contribution is -2.43. The van der Waals surface area contributed by atoms with Crippen molar-refractivity contribution in [1.82, 2.24) is 9.80 Å². The highest BCUT2D eigenvalue weighted by Crippen LogP contribution is 2.29. The van der Waals surface area contributed by atoms with Crippen molar-refractivity contribution < 1.29 is 23.8 Å². The molecule has 0 saturated carbocycles. The van der Waals surface area contributed by atoms with Gasteiger partial charge in [0, 0.05) is 52.1 Å². The van der Waals surface area contributed by atoms with E-state index in [0.717, 1.165) is 32.8 Å². The van der Waals surface area contributed by atoms with Gasteiger partial charge in [-0.2, -0.15) is 0 Å². The first kappa shape index (κ1) is 21.0. The number of rotatable bonds is 9. The molecule has 1 saturated heterocycles. The van der Waals surface area contributed by atoms with Gasteiger partial charge in [0.25, 0.3) is 0 Å². The highest BCUT2D eigenvalue weighted by Gasteiger charge is 2.16. The Balaban J connectivity index is 1.83. The fraction of sp³-hybridized carbons (Fsp3) is 0.579. The van der Waals surface area contributed by atoms with Crippen LogP contribution in [-0.4, -0.2) is 81.8 Å². The van der Waals surface area contributed by atoms with E-state index in [2.05, 4.69) is 10.2 Å². The first-order chi connectivity index (χ1) is 13.0. The maximum absolute atomic E-state index is 12.3.